The number of hydrogen-bond donors (Lipinski definition) is 3. The first-order valence-corrected chi connectivity index (χ1v) is 9.00. The van der Waals surface area contributed by atoms with Crippen molar-refractivity contribution < 1.29 is 23.1 Å². The summed E-state index contributed by atoms with van der Waals surface area (Å²) in [6, 6.07) is 6.30. The second-order valence-corrected chi connectivity index (χ2v) is 7.22. The fraction of sp³-hybridized carbons (Fsp3) is 0.467. The van der Waals surface area contributed by atoms with Gasteiger partial charge in [0.1, 0.15) is 0 Å². The Morgan fingerprint density at radius 3 is 2.52 bits per heavy atom. The number of sulfonamides is 1. The summed E-state index contributed by atoms with van der Waals surface area (Å²) < 4.78 is 26.1. The number of rotatable bonds is 9. The minimum atomic E-state index is -3.50. The number of carbonyl (C=O) groups excluding carboxylic acids is 1. The number of aliphatic carboxylic acids is 1. The van der Waals surface area contributed by atoms with Gasteiger partial charge in [0, 0.05) is 13.0 Å². The maximum absolute atomic E-state index is 12.2. The zero-order chi connectivity index (χ0) is 17.5. The van der Waals surface area contributed by atoms with Gasteiger partial charge >= 0.3 is 5.97 Å². The minimum absolute atomic E-state index is 0.0292. The van der Waals surface area contributed by atoms with E-state index >= 15 is 0 Å². The summed E-state index contributed by atoms with van der Waals surface area (Å²) in [5.41, 5.74) is 0.416. The van der Waals surface area contributed by atoms with Crippen LogP contribution in [0, 0.1) is 5.92 Å². The number of benzene rings is 1. The van der Waals surface area contributed by atoms with Gasteiger partial charge in [0.2, 0.25) is 10.0 Å². The van der Waals surface area contributed by atoms with E-state index in [1.807, 2.05) is 0 Å². The van der Waals surface area contributed by atoms with Crippen LogP contribution in [0.4, 0.5) is 5.69 Å². The van der Waals surface area contributed by atoms with Gasteiger partial charge < -0.3 is 10.4 Å². The van der Waals surface area contributed by atoms with Crippen LogP contribution in [0.15, 0.2) is 24.3 Å². The molecule has 23 heavy (non-hydrogen) atoms. The first kappa shape index (κ1) is 19.0. The van der Waals surface area contributed by atoms with Crippen LogP contribution < -0.4 is 10.0 Å². The topological polar surface area (TPSA) is 113 Å². The van der Waals surface area contributed by atoms with Gasteiger partial charge in [-0.3, -0.25) is 14.3 Å². The normalized spacial score (nSPS) is 12.4. The third-order valence-electron chi connectivity index (χ3n) is 3.04. The molecule has 0 aliphatic rings. The molecule has 0 aliphatic carbocycles. The molecule has 0 saturated heterocycles. The molecule has 0 aromatic heterocycles. The third-order valence-corrected chi connectivity index (χ3v) is 4.52. The van der Waals surface area contributed by atoms with Crippen molar-refractivity contribution in [2.24, 2.45) is 5.92 Å². The smallest absolute Gasteiger partial charge is 0.303 e. The minimum Gasteiger partial charge on any atom is -0.481 e. The fourth-order valence-electron chi connectivity index (χ4n) is 1.99. The molecule has 8 heteroatoms. The van der Waals surface area contributed by atoms with Crippen molar-refractivity contribution in [2.45, 2.75) is 26.7 Å². The van der Waals surface area contributed by atoms with Gasteiger partial charge in [-0.25, -0.2) is 8.42 Å². The predicted octanol–water partition coefficient (Wildman–Crippen LogP) is 1.68. The van der Waals surface area contributed by atoms with Crippen molar-refractivity contribution in [1.29, 1.82) is 0 Å². The molecule has 1 atom stereocenters. The van der Waals surface area contributed by atoms with Crippen LogP contribution in [0.2, 0.25) is 0 Å². The molecule has 1 unspecified atom stereocenters. The largest absolute Gasteiger partial charge is 0.481 e. The van der Waals surface area contributed by atoms with Gasteiger partial charge in [0.05, 0.1) is 17.0 Å². The number of hydrogen-bond acceptors (Lipinski definition) is 4. The maximum atomic E-state index is 12.2. The van der Waals surface area contributed by atoms with Gasteiger partial charge in [-0.05, 0) is 24.5 Å². The van der Waals surface area contributed by atoms with Crippen molar-refractivity contribution in [3.05, 3.63) is 29.8 Å². The predicted molar refractivity (Wildman–Crippen MR) is 87.9 cm³/mol. The zero-order valence-corrected chi connectivity index (χ0v) is 14.0. The quantitative estimate of drug-likeness (QED) is 0.632. The summed E-state index contributed by atoms with van der Waals surface area (Å²) in [6.07, 6.45) is 0.418. The number of amides is 1. The Labute approximate surface area is 136 Å². The monoisotopic (exact) mass is 342 g/mol. The molecule has 1 aromatic rings. The maximum Gasteiger partial charge on any atom is 0.303 e. The van der Waals surface area contributed by atoms with E-state index < -0.39 is 21.9 Å². The molecule has 1 aromatic carbocycles. The number of carboxylic acid groups (broad SMARTS) is 1. The first-order valence-electron chi connectivity index (χ1n) is 7.34. The summed E-state index contributed by atoms with van der Waals surface area (Å²) in [6.45, 7) is 3.66. The molecular weight excluding hydrogens is 320 g/mol. The Morgan fingerprint density at radius 1 is 1.26 bits per heavy atom. The molecule has 0 spiro atoms. The summed E-state index contributed by atoms with van der Waals surface area (Å²) in [5.74, 6) is -1.63. The molecule has 0 fully saturated rings. The second-order valence-electron chi connectivity index (χ2n) is 5.38. The lowest BCUT2D eigenvalue weighted by atomic mass is 10.1. The van der Waals surface area contributed by atoms with Crippen LogP contribution in [0.3, 0.4) is 0 Å². The van der Waals surface area contributed by atoms with Crippen LogP contribution in [0.5, 0.6) is 0 Å². The van der Waals surface area contributed by atoms with E-state index in [1.54, 1.807) is 26.0 Å². The van der Waals surface area contributed by atoms with Gasteiger partial charge in [-0.15, -0.1) is 0 Å². The van der Waals surface area contributed by atoms with Gasteiger partial charge in [-0.1, -0.05) is 26.0 Å². The summed E-state index contributed by atoms with van der Waals surface area (Å²) >= 11 is 0. The highest BCUT2D eigenvalue weighted by Crippen LogP contribution is 2.17. The van der Waals surface area contributed by atoms with Gasteiger partial charge in [-0.2, -0.15) is 0 Å². The molecule has 3 N–H and O–H groups in total. The zero-order valence-electron chi connectivity index (χ0n) is 13.2. The Bertz CT molecular complexity index is 658. The SMILES string of the molecule is CCCS(=O)(=O)Nc1ccccc1C(=O)NCC(C)CC(=O)O. The summed E-state index contributed by atoms with van der Waals surface area (Å²) in [4.78, 5) is 22.8. The van der Waals surface area contributed by atoms with Gasteiger partial charge in [0.25, 0.3) is 5.91 Å². The van der Waals surface area contributed by atoms with Gasteiger partial charge in [0.15, 0.2) is 0 Å². The van der Waals surface area contributed by atoms with Crippen LogP contribution >= 0.6 is 0 Å². The Balaban J connectivity index is 2.80. The second kappa shape index (κ2) is 8.52. The lowest BCUT2D eigenvalue weighted by Gasteiger charge is -2.14. The highest BCUT2D eigenvalue weighted by atomic mass is 32.2. The van der Waals surface area contributed by atoms with Crippen molar-refractivity contribution in [3.8, 4) is 0 Å². The number of anilines is 1. The Kier molecular flexibility index (Phi) is 7.02. The van der Waals surface area contributed by atoms with E-state index in [1.165, 1.54) is 12.1 Å². The molecule has 7 nitrogen and oxygen atoms in total. The fourth-order valence-corrected chi connectivity index (χ4v) is 3.14. The average molecular weight is 342 g/mol. The molecule has 0 bridgehead atoms. The molecule has 0 radical (unpaired) electrons. The number of carboxylic acids is 1. The molecule has 1 rings (SSSR count). The average Bonchev–Trinajstić information content (AvgIpc) is 2.44. The highest BCUT2D eigenvalue weighted by Gasteiger charge is 2.16. The first-order chi connectivity index (χ1) is 10.7. The van der Waals surface area contributed by atoms with E-state index in [2.05, 4.69) is 10.0 Å². The molecule has 0 heterocycles. The van der Waals surface area contributed by atoms with Crippen LogP contribution in [0.1, 0.15) is 37.0 Å². The highest BCUT2D eigenvalue weighted by molar-refractivity contribution is 7.92. The molecule has 128 valence electrons. The molecular formula is C15H22N2O5S. The van der Waals surface area contributed by atoms with E-state index in [0.717, 1.165) is 0 Å². The molecule has 0 aliphatic heterocycles. The summed E-state index contributed by atoms with van der Waals surface area (Å²) in [7, 11) is -3.50. The van der Waals surface area contributed by atoms with E-state index in [9.17, 15) is 18.0 Å². The third kappa shape index (κ3) is 6.68. The number of para-hydroxylation sites is 1. The van der Waals surface area contributed by atoms with Crippen molar-refractivity contribution in [1.82, 2.24) is 5.32 Å². The number of nitrogens with one attached hydrogen (secondary N) is 2. The Morgan fingerprint density at radius 2 is 1.91 bits per heavy atom. The Hall–Kier alpha value is -2.09. The van der Waals surface area contributed by atoms with Crippen LogP contribution in [-0.2, 0) is 14.8 Å². The van der Waals surface area contributed by atoms with Crippen LogP contribution in [-0.4, -0.2) is 37.7 Å². The van der Waals surface area contributed by atoms with Crippen LogP contribution in [0.25, 0.3) is 0 Å². The standard InChI is InChI=1S/C15H22N2O5S/c1-3-8-23(21,22)17-13-7-5-4-6-12(13)15(20)16-10-11(2)9-14(18)19/h4-7,11,17H,3,8-10H2,1-2H3,(H,16,20)(H,18,19). The lowest BCUT2D eigenvalue weighted by Crippen LogP contribution is -2.30. The van der Waals surface area contributed by atoms with Crippen molar-refractivity contribution >= 4 is 27.6 Å². The molecule has 1 amide bonds. The summed E-state index contributed by atoms with van der Waals surface area (Å²) in [5, 5.41) is 11.3. The lowest BCUT2D eigenvalue weighted by molar-refractivity contribution is -0.137. The van der Waals surface area contributed by atoms with E-state index in [0.29, 0.717) is 6.42 Å². The van der Waals surface area contributed by atoms with Crippen molar-refractivity contribution in [2.75, 3.05) is 17.0 Å². The van der Waals surface area contributed by atoms with E-state index in [4.69, 9.17) is 5.11 Å². The van der Waals surface area contributed by atoms with Crippen molar-refractivity contribution in [3.63, 3.8) is 0 Å². The van der Waals surface area contributed by atoms with E-state index in [-0.39, 0.29) is 35.9 Å². The molecule has 0 saturated carbocycles. The number of carbonyl (C=O) groups is 2.